The van der Waals surface area contributed by atoms with Crippen LogP contribution in [0.4, 0.5) is 14.5 Å². The predicted molar refractivity (Wildman–Crippen MR) is 67.9 cm³/mol. The molecule has 0 unspecified atom stereocenters. The van der Waals surface area contributed by atoms with Gasteiger partial charge in [-0.25, -0.2) is 21.9 Å². The van der Waals surface area contributed by atoms with Crippen molar-refractivity contribution >= 4 is 27.3 Å². The third-order valence-corrected chi connectivity index (χ3v) is 3.97. The summed E-state index contributed by atoms with van der Waals surface area (Å²) in [7, 11) is -3.84. The number of anilines is 1. The topological polar surface area (TPSA) is 81.4 Å². The maximum Gasteiger partial charge on any atom is 0.261 e. The average molecular weight is 315 g/mol. The van der Waals surface area contributed by atoms with Crippen molar-refractivity contribution in [3.63, 3.8) is 0 Å². The van der Waals surface area contributed by atoms with Crippen molar-refractivity contribution < 1.29 is 21.9 Å². The Labute approximate surface area is 114 Å². The molecule has 0 aliphatic rings. The molecule has 0 saturated carbocycles. The largest absolute Gasteiger partial charge is 0.399 e. The Kier molecular flexibility index (Phi) is 5.92. The summed E-state index contributed by atoms with van der Waals surface area (Å²) in [5.74, 6) is 0. The molecule has 0 fully saturated rings. The number of nitrogen functional groups attached to an aromatic ring is 1. The van der Waals surface area contributed by atoms with Gasteiger partial charge in [-0.05, 0) is 18.2 Å². The van der Waals surface area contributed by atoms with Gasteiger partial charge < -0.3 is 10.5 Å². The number of halogens is 3. The molecule has 0 radical (unpaired) electrons. The minimum atomic E-state index is -3.84. The molecule has 0 amide bonds. The SMILES string of the molecule is Nc1ccc(Cl)c(S(=O)(=O)NCCOCC(F)F)c1. The molecule has 0 bridgehead atoms. The van der Waals surface area contributed by atoms with Gasteiger partial charge >= 0.3 is 0 Å². The lowest BCUT2D eigenvalue weighted by molar-refractivity contribution is 0.0199. The highest BCUT2D eigenvalue weighted by Gasteiger charge is 2.17. The molecular formula is C10H13ClF2N2O3S. The van der Waals surface area contributed by atoms with Crippen LogP contribution in [0, 0.1) is 0 Å². The molecule has 1 aromatic rings. The molecule has 9 heteroatoms. The lowest BCUT2D eigenvalue weighted by Crippen LogP contribution is -2.28. The van der Waals surface area contributed by atoms with Gasteiger partial charge in [-0.2, -0.15) is 0 Å². The molecule has 0 aliphatic heterocycles. The smallest absolute Gasteiger partial charge is 0.261 e. The van der Waals surface area contributed by atoms with Crippen LogP contribution >= 0.6 is 11.6 Å². The molecule has 0 saturated heterocycles. The maximum absolute atomic E-state index is 11.8. The first kappa shape index (κ1) is 16.1. The number of sulfonamides is 1. The minimum absolute atomic E-state index is 0.0233. The molecular weight excluding hydrogens is 302 g/mol. The molecule has 1 aromatic carbocycles. The summed E-state index contributed by atoms with van der Waals surface area (Å²) in [4.78, 5) is -0.164. The van der Waals surface area contributed by atoms with Crippen molar-refractivity contribution in [3.05, 3.63) is 23.2 Å². The van der Waals surface area contributed by atoms with Crippen LogP contribution in [0.15, 0.2) is 23.1 Å². The summed E-state index contributed by atoms with van der Waals surface area (Å²) in [6.45, 7) is -1.04. The predicted octanol–water partition coefficient (Wildman–Crippen LogP) is 1.48. The van der Waals surface area contributed by atoms with Gasteiger partial charge in [0.2, 0.25) is 10.0 Å². The fourth-order valence-electron chi connectivity index (χ4n) is 1.22. The molecule has 1 rings (SSSR count). The zero-order valence-electron chi connectivity index (χ0n) is 9.77. The second-order valence-electron chi connectivity index (χ2n) is 3.55. The summed E-state index contributed by atoms with van der Waals surface area (Å²) >= 11 is 5.76. The Bertz CT molecular complexity index is 526. The van der Waals surface area contributed by atoms with Crippen LogP contribution in [0.5, 0.6) is 0 Å². The number of nitrogens with one attached hydrogen (secondary N) is 1. The Morgan fingerprint density at radius 1 is 1.42 bits per heavy atom. The molecule has 0 spiro atoms. The minimum Gasteiger partial charge on any atom is -0.399 e. The van der Waals surface area contributed by atoms with E-state index in [0.29, 0.717) is 0 Å². The van der Waals surface area contributed by atoms with Crippen LogP contribution in [0.1, 0.15) is 0 Å². The summed E-state index contributed by atoms with van der Waals surface area (Å²) in [6, 6.07) is 4.04. The van der Waals surface area contributed by atoms with Gasteiger partial charge in [0.25, 0.3) is 6.43 Å². The van der Waals surface area contributed by atoms with E-state index in [4.69, 9.17) is 17.3 Å². The summed E-state index contributed by atoms with van der Waals surface area (Å²) in [5.41, 5.74) is 5.72. The van der Waals surface area contributed by atoms with E-state index in [1.54, 1.807) is 0 Å². The van der Waals surface area contributed by atoms with Gasteiger partial charge in [-0.1, -0.05) is 11.6 Å². The van der Waals surface area contributed by atoms with Crippen LogP contribution in [0.3, 0.4) is 0 Å². The zero-order chi connectivity index (χ0) is 14.5. The Balaban J connectivity index is 2.59. The second kappa shape index (κ2) is 6.99. The van der Waals surface area contributed by atoms with Crippen molar-refractivity contribution in [1.82, 2.24) is 4.72 Å². The van der Waals surface area contributed by atoms with Crippen LogP contribution < -0.4 is 10.5 Å². The first-order valence-corrected chi connectivity index (χ1v) is 7.09. The first-order valence-electron chi connectivity index (χ1n) is 5.23. The number of nitrogens with two attached hydrogens (primary N) is 1. The van der Waals surface area contributed by atoms with Gasteiger partial charge in [0.15, 0.2) is 0 Å². The Morgan fingerprint density at radius 2 is 2.11 bits per heavy atom. The molecule has 3 N–H and O–H groups in total. The Hall–Kier alpha value is -0.960. The van der Waals surface area contributed by atoms with Gasteiger partial charge in [-0.3, -0.25) is 0 Å². The van der Waals surface area contributed by atoms with Crippen molar-refractivity contribution in [2.45, 2.75) is 11.3 Å². The lowest BCUT2D eigenvalue weighted by atomic mass is 10.3. The van der Waals surface area contributed by atoms with Crippen LogP contribution in [-0.4, -0.2) is 34.6 Å². The molecule has 19 heavy (non-hydrogen) atoms. The average Bonchev–Trinajstić information content (AvgIpc) is 2.31. The molecule has 5 nitrogen and oxygen atoms in total. The zero-order valence-corrected chi connectivity index (χ0v) is 11.3. The number of hydrogen-bond donors (Lipinski definition) is 2. The van der Waals surface area contributed by atoms with E-state index in [9.17, 15) is 17.2 Å². The molecule has 108 valence electrons. The van der Waals surface area contributed by atoms with Crippen molar-refractivity contribution in [1.29, 1.82) is 0 Å². The third kappa shape index (κ3) is 5.27. The van der Waals surface area contributed by atoms with Crippen molar-refractivity contribution in [2.75, 3.05) is 25.5 Å². The van der Waals surface area contributed by atoms with Crippen LogP contribution in [0.2, 0.25) is 5.02 Å². The van der Waals surface area contributed by atoms with E-state index < -0.39 is 23.1 Å². The first-order chi connectivity index (χ1) is 8.83. The van der Waals surface area contributed by atoms with E-state index in [1.807, 2.05) is 0 Å². The number of rotatable bonds is 7. The third-order valence-electron chi connectivity index (χ3n) is 2.03. The summed E-state index contributed by atoms with van der Waals surface area (Å²) in [5, 5.41) is 0.0233. The van der Waals surface area contributed by atoms with Gasteiger partial charge in [0.1, 0.15) is 11.5 Å². The molecule has 0 aliphatic carbocycles. The van der Waals surface area contributed by atoms with Crippen LogP contribution in [-0.2, 0) is 14.8 Å². The fourth-order valence-corrected chi connectivity index (χ4v) is 2.77. The van der Waals surface area contributed by atoms with Gasteiger partial charge in [0.05, 0.1) is 11.6 Å². The highest BCUT2D eigenvalue weighted by Crippen LogP contribution is 2.23. The quantitative estimate of drug-likeness (QED) is 0.590. The van der Waals surface area contributed by atoms with Crippen molar-refractivity contribution in [2.24, 2.45) is 0 Å². The van der Waals surface area contributed by atoms with E-state index in [0.717, 1.165) is 0 Å². The number of benzene rings is 1. The Morgan fingerprint density at radius 3 is 2.74 bits per heavy atom. The van der Waals surface area contributed by atoms with Crippen molar-refractivity contribution in [3.8, 4) is 0 Å². The number of hydrogen-bond acceptors (Lipinski definition) is 4. The lowest BCUT2D eigenvalue weighted by Gasteiger charge is -2.09. The monoisotopic (exact) mass is 314 g/mol. The highest BCUT2D eigenvalue weighted by molar-refractivity contribution is 7.89. The summed E-state index contributed by atoms with van der Waals surface area (Å²) in [6.07, 6.45) is -2.58. The number of alkyl halides is 2. The normalized spacial score (nSPS) is 12.0. The molecule has 0 atom stereocenters. The molecule has 0 aromatic heterocycles. The van der Waals surface area contributed by atoms with E-state index in [1.165, 1.54) is 18.2 Å². The number of ether oxygens (including phenoxy) is 1. The summed E-state index contributed by atoms with van der Waals surface area (Å²) < 4.78 is 53.9. The van der Waals surface area contributed by atoms with E-state index in [2.05, 4.69) is 9.46 Å². The van der Waals surface area contributed by atoms with E-state index >= 15 is 0 Å². The fraction of sp³-hybridized carbons (Fsp3) is 0.400. The maximum atomic E-state index is 11.8. The molecule has 0 heterocycles. The van der Waals surface area contributed by atoms with E-state index in [-0.39, 0.29) is 28.8 Å². The second-order valence-corrected chi connectivity index (χ2v) is 5.70. The highest BCUT2D eigenvalue weighted by atomic mass is 35.5. The van der Waals surface area contributed by atoms with Gasteiger partial charge in [0, 0.05) is 12.2 Å². The standard InChI is InChI=1S/C10H13ClF2N2O3S/c11-8-2-1-7(14)5-9(8)19(16,17)15-3-4-18-6-10(12)13/h1-2,5,10,15H,3-4,6,14H2. The van der Waals surface area contributed by atoms with Crippen LogP contribution in [0.25, 0.3) is 0 Å². The van der Waals surface area contributed by atoms with Gasteiger partial charge in [-0.15, -0.1) is 0 Å².